The zero-order valence-electron chi connectivity index (χ0n) is 12.4. The Hall–Kier alpha value is -1.81. The molecule has 3 fully saturated rings. The van der Waals surface area contributed by atoms with Gasteiger partial charge in [-0.15, -0.1) is 0 Å². The Kier molecular flexibility index (Phi) is 3.19. The molecule has 1 atom stereocenters. The van der Waals surface area contributed by atoms with E-state index in [0.29, 0.717) is 6.04 Å². The van der Waals surface area contributed by atoms with E-state index in [1.54, 1.807) is 7.11 Å². The normalized spacial score (nSPS) is 27.8. The molecule has 5 rings (SSSR count). The van der Waals surface area contributed by atoms with E-state index in [2.05, 4.69) is 27.3 Å². The molecule has 2 bridgehead atoms. The van der Waals surface area contributed by atoms with Gasteiger partial charge in [0.15, 0.2) is 0 Å². The van der Waals surface area contributed by atoms with Crippen molar-refractivity contribution in [1.82, 2.24) is 9.88 Å². The molecule has 3 saturated heterocycles. The van der Waals surface area contributed by atoms with Crippen molar-refractivity contribution in [3.05, 3.63) is 30.5 Å². The summed E-state index contributed by atoms with van der Waals surface area (Å²) in [6.07, 6.45) is 4.48. The van der Waals surface area contributed by atoms with Crippen LogP contribution in [0.3, 0.4) is 0 Å². The third-order valence-corrected chi connectivity index (χ3v) is 4.91. The van der Waals surface area contributed by atoms with E-state index in [0.717, 1.165) is 34.8 Å². The molecule has 0 aliphatic carbocycles. The average molecular weight is 283 g/mol. The first-order chi connectivity index (χ1) is 10.3. The summed E-state index contributed by atoms with van der Waals surface area (Å²) in [5, 5.41) is 4.87. The van der Waals surface area contributed by atoms with Crippen LogP contribution in [0.15, 0.2) is 30.5 Å². The summed E-state index contributed by atoms with van der Waals surface area (Å²) in [5.74, 6) is 1.68. The van der Waals surface area contributed by atoms with E-state index in [9.17, 15) is 0 Å². The fourth-order valence-corrected chi connectivity index (χ4v) is 3.72. The Morgan fingerprint density at radius 1 is 1.29 bits per heavy atom. The second kappa shape index (κ2) is 5.19. The molecular weight excluding hydrogens is 262 g/mol. The average Bonchev–Trinajstić information content (AvgIpc) is 2.56. The highest BCUT2D eigenvalue weighted by Gasteiger charge is 2.34. The van der Waals surface area contributed by atoms with Crippen molar-refractivity contribution < 1.29 is 4.74 Å². The molecule has 1 aromatic carbocycles. The zero-order chi connectivity index (χ0) is 14.2. The van der Waals surface area contributed by atoms with Crippen molar-refractivity contribution in [3.63, 3.8) is 0 Å². The molecule has 110 valence electrons. The lowest BCUT2D eigenvalue weighted by molar-refractivity contribution is 0.0976. The van der Waals surface area contributed by atoms with E-state index in [1.807, 2.05) is 18.3 Å². The Morgan fingerprint density at radius 2 is 2.14 bits per heavy atom. The second-order valence-corrected chi connectivity index (χ2v) is 6.14. The van der Waals surface area contributed by atoms with Crippen molar-refractivity contribution in [3.8, 4) is 5.75 Å². The minimum Gasteiger partial charge on any atom is -0.497 e. The van der Waals surface area contributed by atoms with Gasteiger partial charge < -0.3 is 15.0 Å². The molecule has 2 aromatic rings. The van der Waals surface area contributed by atoms with Gasteiger partial charge in [0.1, 0.15) is 5.75 Å². The highest BCUT2D eigenvalue weighted by molar-refractivity contribution is 5.92. The number of aromatic nitrogens is 1. The minimum absolute atomic E-state index is 0.532. The van der Waals surface area contributed by atoms with Gasteiger partial charge in [0.05, 0.1) is 18.3 Å². The zero-order valence-corrected chi connectivity index (χ0v) is 12.4. The topological polar surface area (TPSA) is 37.4 Å². The van der Waals surface area contributed by atoms with Gasteiger partial charge in [-0.2, -0.15) is 0 Å². The summed E-state index contributed by atoms with van der Waals surface area (Å²) in [5.41, 5.74) is 2.14. The molecule has 4 heteroatoms. The van der Waals surface area contributed by atoms with Crippen LogP contribution in [-0.2, 0) is 0 Å². The molecule has 0 unspecified atom stereocenters. The fourth-order valence-electron chi connectivity index (χ4n) is 3.72. The Balaban J connectivity index is 1.69. The van der Waals surface area contributed by atoms with Crippen LogP contribution >= 0.6 is 0 Å². The number of nitrogens with zero attached hydrogens (tertiary/aromatic N) is 2. The van der Waals surface area contributed by atoms with Gasteiger partial charge in [-0.3, -0.25) is 4.98 Å². The Morgan fingerprint density at radius 3 is 2.86 bits per heavy atom. The van der Waals surface area contributed by atoms with Gasteiger partial charge in [-0.05, 0) is 44.0 Å². The van der Waals surface area contributed by atoms with Crippen LogP contribution in [0.25, 0.3) is 10.9 Å². The first-order valence-electron chi connectivity index (χ1n) is 7.75. The second-order valence-electron chi connectivity index (χ2n) is 6.14. The molecule has 3 aliphatic rings. The number of fused-ring (bicyclic) bond motifs is 4. The lowest BCUT2D eigenvalue weighted by Gasteiger charge is -2.45. The third-order valence-electron chi connectivity index (χ3n) is 4.91. The Labute approximate surface area is 125 Å². The van der Waals surface area contributed by atoms with Gasteiger partial charge in [0, 0.05) is 30.2 Å². The van der Waals surface area contributed by atoms with Gasteiger partial charge >= 0.3 is 0 Å². The van der Waals surface area contributed by atoms with Gasteiger partial charge in [-0.1, -0.05) is 6.07 Å². The SMILES string of the molecule is COc1cc(N[C@@H]2CN3CCC2CC3)c2ncccc2c1. The van der Waals surface area contributed by atoms with E-state index in [4.69, 9.17) is 4.74 Å². The summed E-state index contributed by atoms with van der Waals surface area (Å²) >= 11 is 0. The third kappa shape index (κ3) is 2.33. The number of rotatable bonds is 3. The first kappa shape index (κ1) is 12.9. The molecule has 1 N–H and O–H groups in total. The molecule has 0 radical (unpaired) electrons. The number of hydrogen-bond donors (Lipinski definition) is 1. The maximum atomic E-state index is 5.44. The molecule has 4 heterocycles. The predicted octanol–water partition coefficient (Wildman–Crippen LogP) is 2.75. The molecule has 0 spiro atoms. The standard InChI is InChI=1S/C17H21N3O/c1-21-14-9-13-3-2-6-18-17(13)15(10-14)19-16-11-20-7-4-12(16)5-8-20/h2-3,6,9-10,12,16,19H,4-5,7-8,11H2,1H3/t16-/m1/s1. The van der Waals surface area contributed by atoms with Gasteiger partial charge in [0.25, 0.3) is 0 Å². The Bertz CT molecular complexity index is 650. The van der Waals surface area contributed by atoms with Crippen LogP contribution in [0.1, 0.15) is 12.8 Å². The van der Waals surface area contributed by atoms with Crippen LogP contribution in [-0.4, -0.2) is 42.7 Å². The number of ether oxygens (including phenoxy) is 1. The van der Waals surface area contributed by atoms with Crippen molar-refractivity contribution in [2.24, 2.45) is 5.92 Å². The lowest BCUT2D eigenvalue weighted by atomic mass is 9.84. The van der Waals surface area contributed by atoms with Gasteiger partial charge in [-0.25, -0.2) is 0 Å². The number of pyridine rings is 1. The van der Waals surface area contributed by atoms with E-state index >= 15 is 0 Å². The molecule has 3 aliphatic heterocycles. The van der Waals surface area contributed by atoms with Crippen molar-refractivity contribution in [1.29, 1.82) is 0 Å². The van der Waals surface area contributed by atoms with E-state index < -0.39 is 0 Å². The summed E-state index contributed by atoms with van der Waals surface area (Å²) in [6, 6.07) is 8.72. The molecule has 4 nitrogen and oxygen atoms in total. The van der Waals surface area contributed by atoms with Crippen molar-refractivity contribution in [2.45, 2.75) is 18.9 Å². The molecule has 1 aromatic heterocycles. The smallest absolute Gasteiger partial charge is 0.121 e. The number of anilines is 1. The van der Waals surface area contributed by atoms with E-state index in [1.165, 1.54) is 25.9 Å². The highest BCUT2D eigenvalue weighted by Crippen LogP contribution is 2.33. The van der Waals surface area contributed by atoms with Crippen molar-refractivity contribution in [2.75, 3.05) is 32.1 Å². The quantitative estimate of drug-likeness (QED) is 0.940. The molecule has 0 saturated carbocycles. The molecular formula is C17H21N3O. The largest absolute Gasteiger partial charge is 0.497 e. The number of hydrogen-bond acceptors (Lipinski definition) is 4. The van der Waals surface area contributed by atoms with Crippen molar-refractivity contribution >= 4 is 16.6 Å². The maximum Gasteiger partial charge on any atom is 0.121 e. The fraction of sp³-hybridized carbons (Fsp3) is 0.471. The lowest BCUT2D eigenvalue weighted by Crippen LogP contribution is -2.53. The molecule has 0 amide bonds. The number of methoxy groups -OCH3 is 1. The highest BCUT2D eigenvalue weighted by atomic mass is 16.5. The van der Waals surface area contributed by atoms with Crippen LogP contribution in [0.4, 0.5) is 5.69 Å². The summed E-state index contributed by atoms with van der Waals surface area (Å²) in [6.45, 7) is 3.68. The van der Waals surface area contributed by atoms with Gasteiger partial charge in [0.2, 0.25) is 0 Å². The van der Waals surface area contributed by atoms with Crippen LogP contribution in [0.2, 0.25) is 0 Å². The van der Waals surface area contributed by atoms with E-state index in [-0.39, 0.29) is 0 Å². The first-order valence-corrected chi connectivity index (χ1v) is 7.75. The number of piperidine rings is 3. The predicted molar refractivity (Wildman–Crippen MR) is 84.9 cm³/mol. The summed E-state index contributed by atoms with van der Waals surface area (Å²) < 4.78 is 5.44. The maximum absolute atomic E-state index is 5.44. The number of benzene rings is 1. The molecule has 21 heavy (non-hydrogen) atoms. The minimum atomic E-state index is 0.532. The monoisotopic (exact) mass is 283 g/mol. The summed E-state index contributed by atoms with van der Waals surface area (Å²) in [4.78, 5) is 7.12. The van der Waals surface area contributed by atoms with Crippen LogP contribution in [0.5, 0.6) is 5.75 Å². The summed E-state index contributed by atoms with van der Waals surface area (Å²) in [7, 11) is 1.72. The van der Waals surface area contributed by atoms with Crippen LogP contribution < -0.4 is 10.1 Å². The number of nitrogens with one attached hydrogen (secondary N) is 1. The van der Waals surface area contributed by atoms with Crippen LogP contribution in [0, 0.1) is 5.92 Å².